The van der Waals surface area contributed by atoms with Gasteiger partial charge in [-0.25, -0.2) is 9.97 Å². The number of nitrogens with zero attached hydrogens (tertiary/aromatic N) is 2. The predicted molar refractivity (Wildman–Crippen MR) is 78.1 cm³/mol. The maximum atomic E-state index is 6.14. The van der Waals surface area contributed by atoms with Crippen LogP contribution >= 0.6 is 0 Å². The van der Waals surface area contributed by atoms with Crippen molar-refractivity contribution >= 4 is 0 Å². The molecule has 1 rings (SSSR count). The van der Waals surface area contributed by atoms with Gasteiger partial charge in [0, 0.05) is 12.1 Å². The molecule has 1 aromatic rings. The van der Waals surface area contributed by atoms with Gasteiger partial charge in [-0.2, -0.15) is 0 Å². The van der Waals surface area contributed by atoms with E-state index in [1.807, 2.05) is 6.07 Å². The van der Waals surface area contributed by atoms with Gasteiger partial charge in [0.25, 0.3) is 0 Å². The lowest BCUT2D eigenvalue weighted by Gasteiger charge is -2.11. The average Bonchev–Trinajstić information content (AvgIpc) is 2.46. The Hall–Kier alpha value is -1.16. The van der Waals surface area contributed by atoms with Gasteiger partial charge in [0.2, 0.25) is 5.88 Å². The van der Waals surface area contributed by atoms with Crippen LogP contribution in [0.25, 0.3) is 0 Å². The van der Waals surface area contributed by atoms with Crippen LogP contribution < -0.4 is 10.5 Å². The van der Waals surface area contributed by atoms with E-state index in [1.165, 1.54) is 51.3 Å². The van der Waals surface area contributed by atoms with Crippen LogP contribution in [0.2, 0.25) is 0 Å². The molecule has 0 radical (unpaired) electrons. The Labute approximate surface area is 116 Å². The van der Waals surface area contributed by atoms with Gasteiger partial charge in [-0.1, -0.05) is 51.9 Å². The molecular formula is C15H27N3O. The molecule has 0 saturated heterocycles. The van der Waals surface area contributed by atoms with E-state index in [9.17, 15) is 0 Å². The molecule has 0 fully saturated rings. The van der Waals surface area contributed by atoms with E-state index >= 15 is 0 Å². The van der Waals surface area contributed by atoms with E-state index in [0.29, 0.717) is 5.88 Å². The van der Waals surface area contributed by atoms with Crippen molar-refractivity contribution in [2.75, 3.05) is 7.11 Å². The molecule has 4 nitrogen and oxygen atoms in total. The summed E-state index contributed by atoms with van der Waals surface area (Å²) in [4.78, 5) is 8.20. The first-order valence-corrected chi connectivity index (χ1v) is 7.39. The second-order valence-corrected chi connectivity index (χ2v) is 5.00. The summed E-state index contributed by atoms with van der Waals surface area (Å²) >= 11 is 0. The predicted octanol–water partition coefficient (Wildman–Crippen LogP) is 3.63. The first kappa shape index (κ1) is 15.9. The number of aromatic nitrogens is 2. The Balaban J connectivity index is 2.18. The van der Waals surface area contributed by atoms with E-state index in [1.54, 1.807) is 7.11 Å². The van der Waals surface area contributed by atoms with Crippen LogP contribution in [0.1, 0.15) is 70.0 Å². The first-order valence-electron chi connectivity index (χ1n) is 7.39. The van der Waals surface area contributed by atoms with Crippen LogP contribution in [0.5, 0.6) is 5.88 Å². The van der Waals surface area contributed by atoms with E-state index in [2.05, 4.69) is 16.9 Å². The summed E-state index contributed by atoms with van der Waals surface area (Å²) in [5.41, 5.74) is 7.01. The van der Waals surface area contributed by atoms with E-state index < -0.39 is 0 Å². The number of rotatable bonds is 10. The smallest absolute Gasteiger partial charge is 0.216 e. The molecule has 0 aliphatic carbocycles. The molecular weight excluding hydrogens is 238 g/mol. The highest BCUT2D eigenvalue weighted by atomic mass is 16.5. The van der Waals surface area contributed by atoms with Gasteiger partial charge < -0.3 is 10.5 Å². The van der Waals surface area contributed by atoms with Gasteiger partial charge in [-0.15, -0.1) is 0 Å². The molecule has 2 N–H and O–H groups in total. The molecule has 0 aromatic carbocycles. The van der Waals surface area contributed by atoms with Gasteiger partial charge in [0.15, 0.2) is 0 Å². The Morgan fingerprint density at radius 1 is 1.11 bits per heavy atom. The molecule has 0 spiro atoms. The van der Waals surface area contributed by atoms with Gasteiger partial charge >= 0.3 is 0 Å². The first-order chi connectivity index (χ1) is 9.27. The Morgan fingerprint density at radius 3 is 2.47 bits per heavy atom. The fourth-order valence-electron chi connectivity index (χ4n) is 2.14. The molecule has 0 saturated carbocycles. The van der Waals surface area contributed by atoms with Gasteiger partial charge in [0.1, 0.15) is 6.33 Å². The summed E-state index contributed by atoms with van der Waals surface area (Å²) in [6, 6.07) is 1.82. The molecule has 0 bridgehead atoms. The lowest BCUT2D eigenvalue weighted by atomic mass is 10.0. The number of unbranched alkanes of at least 4 members (excludes halogenated alkanes) is 6. The molecule has 1 atom stereocenters. The summed E-state index contributed by atoms with van der Waals surface area (Å²) in [7, 11) is 1.61. The number of methoxy groups -OCH3 is 1. The lowest BCUT2D eigenvalue weighted by molar-refractivity contribution is 0.394. The second-order valence-electron chi connectivity index (χ2n) is 5.00. The summed E-state index contributed by atoms with van der Waals surface area (Å²) in [6.07, 6.45) is 11.6. The van der Waals surface area contributed by atoms with E-state index in [0.717, 1.165) is 12.1 Å². The number of hydrogen-bond donors (Lipinski definition) is 1. The van der Waals surface area contributed by atoms with Crippen LogP contribution in [-0.2, 0) is 0 Å². The molecule has 108 valence electrons. The number of hydrogen-bond acceptors (Lipinski definition) is 4. The third-order valence-electron chi connectivity index (χ3n) is 3.37. The van der Waals surface area contributed by atoms with Gasteiger partial charge in [0.05, 0.1) is 12.8 Å². The number of ether oxygens (including phenoxy) is 1. The zero-order valence-electron chi connectivity index (χ0n) is 12.3. The van der Waals surface area contributed by atoms with Crippen molar-refractivity contribution in [3.8, 4) is 5.88 Å². The maximum absolute atomic E-state index is 6.14. The zero-order chi connectivity index (χ0) is 13.9. The third kappa shape index (κ3) is 6.53. The van der Waals surface area contributed by atoms with Gasteiger partial charge in [-0.05, 0) is 6.42 Å². The Bertz CT molecular complexity index is 344. The average molecular weight is 265 g/mol. The lowest BCUT2D eigenvalue weighted by Crippen LogP contribution is -2.12. The molecule has 0 aliphatic heterocycles. The van der Waals surface area contributed by atoms with E-state index in [-0.39, 0.29) is 6.04 Å². The van der Waals surface area contributed by atoms with Crippen molar-refractivity contribution in [1.29, 1.82) is 0 Å². The van der Waals surface area contributed by atoms with E-state index in [4.69, 9.17) is 10.5 Å². The quantitative estimate of drug-likeness (QED) is 0.656. The van der Waals surface area contributed by atoms with Crippen molar-refractivity contribution in [2.45, 2.75) is 64.3 Å². The van der Waals surface area contributed by atoms with Crippen LogP contribution in [0.15, 0.2) is 12.4 Å². The SMILES string of the molecule is CCCCCCCCCC(N)c1cc(OC)ncn1. The van der Waals surface area contributed by atoms with Crippen molar-refractivity contribution < 1.29 is 4.74 Å². The fourth-order valence-corrected chi connectivity index (χ4v) is 2.14. The second kappa shape index (κ2) is 9.73. The minimum atomic E-state index is -0.00691. The van der Waals surface area contributed by atoms with Crippen LogP contribution in [-0.4, -0.2) is 17.1 Å². The zero-order valence-corrected chi connectivity index (χ0v) is 12.3. The number of nitrogens with two attached hydrogens (primary N) is 1. The van der Waals surface area contributed by atoms with Crippen LogP contribution in [0.4, 0.5) is 0 Å². The topological polar surface area (TPSA) is 61.0 Å². The normalized spacial score (nSPS) is 12.4. The minimum Gasteiger partial charge on any atom is -0.481 e. The van der Waals surface area contributed by atoms with Crippen molar-refractivity contribution in [1.82, 2.24) is 9.97 Å². The molecule has 1 heterocycles. The Morgan fingerprint density at radius 2 is 1.79 bits per heavy atom. The summed E-state index contributed by atoms with van der Waals surface area (Å²) < 4.78 is 5.08. The molecule has 4 heteroatoms. The molecule has 19 heavy (non-hydrogen) atoms. The Kier molecular flexibility index (Phi) is 8.14. The summed E-state index contributed by atoms with van der Waals surface area (Å²) in [5, 5.41) is 0. The molecule has 0 amide bonds. The monoisotopic (exact) mass is 265 g/mol. The highest BCUT2D eigenvalue weighted by Crippen LogP contribution is 2.18. The highest BCUT2D eigenvalue weighted by Gasteiger charge is 2.08. The molecule has 1 aromatic heterocycles. The molecule has 1 unspecified atom stereocenters. The van der Waals surface area contributed by atoms with Crippen LogP contribution in [0.3, 0.4) is 0 Å². The fraction of sp³-hybridized carbons (Fsp3) is 0.733. The van der Waals surface area contributed by atoms with Crippen molar-refractivity contribution in [3.05, 3.63) is 18.1 Å². The maximum Gasteiger partial charge on any atom is 0.216 e. The summed E-state index contributed by atoms with van der Waals surface area (Å²) in [5.74, 6) is 0.583. The summed E-state index contributed by atoms with van der Waals surface area (Å²) in [6.45, 7) is 2.25. The van der Waals surface area contributed by atoms with Crippen LogP contribution in [0, 0.1) is 0 Å². The largest absolute Gasteiger partial charge is 0.481 e. The minimum absolute atomic E-state index is 0.00691. The van der Waals surface area contributed by atoms with Crippen molar-refractivity contribution in [2.24, 2.45) is 5.73 Å². The highest BCUT2D eigenvalue weighted by molar-refractivity contribution is 5.15. The standard InChI is InChI=1S/C15H27N3O/c1-3-4-5-6-7-8-9-10-13(16)14-11-15(19-2)18-12-17-14/h11-13H,3-10,16H2,1-2H3. The third-order valence-corrected chi connectivity index (χ3v) is 3.37. The molecule has 0 aliphatic rings. The van der Waals surface area contributed by atoms with Crippen molar-refractivity contribution in [3.63, 3.8) is 0 Å². The van der Waals surface area contributed by atoms with Gasteiger partial charge in [-0.3, -0.25) is 0 Å².